The van der Waals surface area contributed by atoms with Gasteiger partial charge in [-0.1, -0.05) is 139 Å². The lowest BCUT2D eigenvalue weighted by atomic mass is 9.86. The zero-order chi connectivity index (χ0) is 29.9. The highest BCUT2D eigenvalue weighted by molar-refractivity contribution is 6.24. The van der Waals surface area contributed by atoms with E-state index < -0.39 is 0 Å². The summed E-state index contributed by atoms with van der Waals surface area (Å²) in [5.74, 6) is 0. The molecule has 0 N–H and O–H groups in total. The highest BCUT2D eigenvalue weighted by Crippen LogP contribution is 2.43. The fraction of sp³-hybridized carbons (Fsp3) is 0.0222. The third-order valence-corrected chi connectivity index (χ3v) is 9.48. The maximum Gasteiger partial charge on any atom is -0.00923 e. The molecule has 0 radical (unpaired) electrons. The molecular formula is C45H30. The van der Waals surface area contributed by atoms with Crippen molar-refractivity contribution in [2.24, 2.45) is 0 Å². The molecule has 9 aromatic rings. The Morgan fingerprint density at radius 2 is 0.733 bits per heavy atom. The van der Waals surface area contributed by atoms with Gasteiger partial charge in [0.1, 0.15) is 0 Å². The lowest BCUT2D eigenvalue weighted by Gasteiger charge is -2.17. The molecule has 0 bridgehead atoms. The minimum absolute atomic E-state index is 1.24. The van der Waals surface area contributed by atoms with Crippen LogP contribution in [0.5, 0.6) is 0 Å². The predicted octanol–water partition coefficient (Wildman–Crippen LogP) is 12.8. The number of aryl methyl sites for hydroxylation is 1. The first-order valence-electron chi connectivity index (χ1n) is 15.7. The molecule has 0 nitrogen and oxygen atoms in total. The van der Waals surface area contributed by atoms with Gasteiger partial charge < -0.3 is 0 Å². The van der Waals surface area contributed by atoms with Crippen molar-refractivity contribution < 1.29 is 0 Å². The van der Waals surface area contributed by atoms with Gasteiger partial charge in [0, 0.05) is 0 Å². The SMILES string of the molecule is Cc1ccc(-c2ccc3c(c2)c(-c2ccc4ccccc4c2)cc2c4ccccc4c(-c4ccc5ccccc5c4)cc32)cc1. The molecule has 210 valence electrons. The smallest absolute Gasteiger partial charge is 0.00923 e. The minimum atomic E-state index is 1.24. The Bertz CT molecular complexity index is 2590. The first kappa shape index (κ1) is 25.7. The Hall–Kier alpha value is -5.72. The monoisotopic (exact) mass is 570 g/mol. The standard InChI is InChI=1S/C45H30/c1-29-14-16-32(17-15-29)35-22-23-40-43(26-35)42(37-21-19-31-9-3-5-11-34(31)25-37)28-44-39-13-7-6-12-38(39)41(27-45(40)44)36-20-18-30-8-2-4-10-33(30)24-36/h2-28H,1H3. The molecule has 9 rings (SSSR count). The van der Waals surface area contributed by atoms with Gasteiger partial charge in [-0.2, -0.15) is 0 Å². The van der Waals surface area contributed by atoms with E-state index in [1.807, 2.05) is 0 Å². The fourth-order valence-corrected chi connectivity index (χ4v) is 7.12. The number of benzene rings is 9. The molecule has 0 aliphatic rings. The Morgan fingerprint density at radius 3 is 1.36 bits per heavy atom. The molecule has 0 heteroatoms. The van der Waals surface area contributed by atoms with E-state index in [-0.39, 0.29) is 0 Å². The van der Waals surface area contributed by atoms with Gasteiger partial charge in [0.2, 0.25) is 0 Å². The molecule has 0 fully saturated rings. The third-order valence-electron chi connectivity index (χ3n) is 9.48. The third kappa shape index (κ3) is 4.30. The van der Waals surface area contributed by atoms with Crippen molar-refractivity contribution in [3.63, 3.8) is 0 Å². The maximum absolute atomic E-state index is 2.44. The van der Waals surface area contributed by atoms with Crippen LogP contribution in [0.2, 0.25) is 0 Å². The van der Waals surface area contributed by atoms with Crippen molar-refractivity contribution in [3.05, 3.63) is 169 Å². The van der Waals surface area contributed by atoms with Crippen LogP contribution < -0.4 is 0 Å². The summed E-state index contributed by atoms with van der Waals surface area (Å²) in [5.41, 5.74) is 8.77. The average molecular weight is 571 g/mol. The summed E-state index contributed by atoms with van der Waals surface area (Å²) in [6.45, 7) is 2.14. The summed E-state index contributed by atoms with van der Waals surface area (Å²) in [7, 11) is 0. The summed E-state index contributed by atoms with van der Waals surface area (Å²) >= 11 is 0. The van der Waals surface area contributed by atoms with Crippen LogP contribution in [0.4, 0.5) is 0 Å². The fourth-order valence-electron chi connectivity index (χ4n) is 7.12. The molecular weight excluding hydrogens is 540 g/mol. The van der Waals surface area contributed by atoms with Crippen LogP contribution in [0.15, 0.2) is 164 Å². The van der Waals surface area contributed by atoms with Gasteiger partial charge in [0.05, 0.1) is 0 Å². The van der Waals surface area contributed by atoms with E-state index in [4.69, 9.17) is 0 Å². The molecule has 0 aromatic heterocycles. The second-order valence-electron chi connectivity index (χ2n) is 12.2. The quantitative estimate of drug-likeness (QED) is 0.185. The van der Waals surface area contributed by atoms with Crippen LogP contribution >= 0.6 is 0 Å². The molecule has 0 saturated carbocycles. The Balaban J connectivity index is 1.38. The second-order valence-corrected chi connectivity index (χ2v) is 12.2. The topological polar surface area (TPSA) is 0 Å². The largest absolute Gasteiger partial charge is 0.0616 e. The van der Waals surface area contributed by atoms with E-state index in [1.165, 1.54) is 92.8 Å². The van der Waals surface area contributed by atoms with Gasteiger partial charge in [0.15, 0.2) is 0 Å². The molecule has 0 heterocycles. The first-order chi connectivity index (χ1) is 22.2. The molecule has 0 spiro atoms. The average Bonchev–Trinajstić information content (AvgIpc) is 3.10. The number of rotatable bonds is 3. The van der Waals surface area contributed by atoms with Crippen LogP contribution in [-0.4, -0.2) is 0 Å². The van der Waals surface area contributed by atoms with Crippen LogP contribution in [0, 0.1) is 6.92 Å². The zero-order valence-corrected chi connectivity index (χ0v) is 25.1. The van der Waals surface area contributed by atoms with Crippen LogP contribution in [0.1, 0.15) is 5.56 Å². The molecule has 0 amide bonds. The first-order valence-corrected chi connectivity index (χ1v) is 15.7. The highest BCUT2D eigenvalue weighted by atomic mass is 14.2. The molecule has 0 aliphatic carbocycles. The van der Waals surface area contributed by atoms with Crippen molar-refractivity contribution in [1.29, 1.82) is 0 Å². The van der Waals surface area contributed by atoms with E-state index >= 15 is 0 Å². The highest BCUT2D eigenvalue weighted by Gasteiger charge is 2.16. The maximum atomic E-state index is 2.44. The Labute approximate surface area is 262 Å². The number of hydrogen-bond donors (Lipinski definition) is 0. The molecule has 0 unspecified atom stereocenters. The van der Waals surface area contributed by atoms with E-state index in [0.717, 1.165) is 0 Å². The lowest BCUT2D eigenvalue weighted by Crippen LogP contribution is -1.90. The van der Waals surface area contributed by atoms with Crippen molar-refractivity contribution in [2.75, 3.05) is 0 Å². The molecule has 9 aromatic carbocycles. The van der Waals surface area contributed by atoms with Crippen molar-refractivity contribution >= 4 is 53.9 Å². The molecule has 0 aliphatic heterocycles. The van der Waals surface area contributed by atoms with Crippen LogP contribution in [-0.2, 0) is 0 Å². The van der Waals surface area contributed by atoms with E-state index in [9.17, 15) is 0 Å². The summed E-state index contributed by atoms with van der Waals surface area (Å²) in [6.07, 6.45) is 0. The van der Waals surface area contributed by atoms with Gasteiger partial charge >= 0.3 is 0 Å². The van der Waals surface area contributed by atoms with Crippen molar-refractivity contribution in [1.82, 2.24) is 0 Å². The number of hydrogen-bond acceptors (Lipinski definition) is 0. The summed E-state index contributed by atoms with van der Waals surface area (Å²) in [4.78, 5) is 0. The normalized spacial score (nSPS) is 11.7. The number of fused-ring (bicyclic) bond motifs is 7. The van der Waals surface area contributed by atoms with Crippen molar-refractivity contribution in [3.8, 4) is 33.4 Å². The Morgan fingerprint density at radius 1 is 0.267 bits per heavy atom. The molecule has 0 saturated heterocycles. The molecule has 0 atom stereocenters. The van der Waals surface area contributed by atoms with Crippen LogP contribution in [0.3, 0.4) is 0 Å². The lowest BCUT2D eigenvalue weighted by molar-refractivity contribution is 1.47. The van der Waals surface area contributed by atoms with Gasteiger partial charge in [-0.05, 0) is 124 Å². The summed E-state index contributed by atoms with van der Waals surface area (Å²) < 4.78 is 0. The Kier molecular flexibility index (Phi) is 5.83. The second kappa shape index (κ2) is 10.2. The van der Waals surface area contributed by atoms with E-state index in [2.05, 4.69) is 171 Å². The van der Waals surface area contributed by atoms with E-state index in [1.54, 1.807) is 0 Å². The van der Waals surface area contributed by atoms with Crippen molar-refractivity contribution in [2.45, 2.75) is 6.92 Å². The van der Waals surface area contributed by atoms with Gasteiger partial charge in [0.25, 0.3) is 0 Å². The van der Waals surface area contributed by atoms with Gasteiger partial charge in [-0.25, -0.2) is 0 Å². The van der Waals surface area contributed by atoms with Gasteiger partial charge in [-0.3, -0.25) is 0 Å². The molecule has 45 heavy (non-hydrogen) atoms. The van der Waals surface area contributed by atoms with Gasteiger partial charge in [-0.15, -0.1) is 0 Å². The summed E-state index contributed by atoms with van der Waals surface area (Å²) in [6, 6.07) is 60.7. The summed E-state index contributed by atoms with van der Waals surface area (Å²) in [5, 5.41) is 12.7. The van der Waals surface area contributed by atoms with Crippen LogP contribution in [0.25, 0.3) is 87.2 Å². The van der Waals surface area contributed by atoms with E-state index in [0.29, 0.717) is 0 Å². The minimum Gasteiger partial charge on any atom is -0.0616 e. The predicted molar refractivity (Wildman–Crippen MR) is 195 cm³/mol. The zero-order valence-electron chi connectivity index (χ0n) is 25.1.